The van der Waals surface area contributed by atoms with Crippen LogP contribution in [0.5, 0.6) is 5.75 Å². The smallest absolute Gasteiger partial charge is 0.406 e. The molecule has 0 bridgehead atoms. The van der Waals surface area contributed by atoms with Gasteiger partial charge in [0.05, 0.1) is 4.90 Å². The maximum Gasteiger partial charge on any atom is 0.573 e. The van der Waals surface area contributed by atoms with E-state index in [1.807, 2.05) is 0 Å². The van der Waals surface area contributed by atoms with Crippen LogP contribution in [-0.4, -0.2) is 20.7 Å². The van der Waals surface area contributed by atoms with Crippen molar-refractivity contribution in [1.82, 2.24) is 0 Å². The third kappa shape index (κ3) is 4.05. The Morgan fingerprint density at radius 1 is 1.04 bits per heavy atom. The van der Waals surface area contributed by atoms with E-state index in [1.165, 1.54) is 30.3 Å². The summed E-state index contributed by atoms with van der Waals surface area (Å²) in [5, 5.41) is -1.84. The van der Waals surface area contributed by atoms with E-state index in [0.717, 1.165) is 18.2 Å². The van der Waals surface area contributed by atoms with Gasteiger partial charge in [0.25, 0.3) is 0 Å². The number of nitrogens with two attached hydrogens (primary N) is 1. The summed E-state index contributed by atoms with van der Waals surface area (Å²) >= 11 is 0. The van der Waals surface area contributed by atoms with Gasteiger partial charge in [-0.3, -0.25) is 4.79 Å². The molecule has 0 aliphatic carbocycles. The van der Waals surface area contributed by atoms with Crippen LogP contribution in [0.15, 0.2) is 59.5 Å². The van der Waals surface area contributed by atoms with Gasteiger partial charge in [-0.2, -0.15) is 0 Å². The summed E-state index contributed by atoms with van der Waals surface area (Å²) < 4.78 is 65.9. The molecule has 0 aromatic heterocycles. The molecule has 0 fully saturated rings. The lowest BCUT2D eigenvalue weighted by atomic mass is 10.1. The molecule has 2 rings (SSSR count). The van der Waals surface area contributed by atoms with Crippen molar-refractivity contribution in [3.05, 3.63) is 60.2 Å². The van der Waals surface area contributed by atoms with Gasteiger partial charge >= 0.3 is 6.36 Å². The van der Waals surface area contributed by atoms with E-state index in [4.69, 9.17) is 5.73 Å². The minimum atomic E-state index is -4.95. The number of halogens is 3. The van der Waals surface area contributed by atoms with Crippen molar-refractivity contribution >= 4 is 15.7 Å². The SMILES string of the molecule is NC(=O)C(c1cccc(OC(F)(F)F)c1)S(=O)(=O)c1ccccc1. The molecule has 5 nitrogen and oxygen atoms in total. The molecule has 0 aliphatic heterocycles. The highest BCUT2D eigenvalue weighted by Gasteiger charge is 2.35. The summed E-state index contributed by atoms with van der Waals surface area (Å²) in [6.07, 6.45) is -4.95. The number of ether oxygens (including phenoxy) is 1. The predicted octanol–water partition coefficient (Wildman–Crippen LogP) is 2.59. The fourth-order valence-corrected chi connectivity index (χ4v) is 3.74. The van der Waals surface area contributed by atoms with Gasteiger partial charge in [-0.25, -0.2) is 8.42 Å². The number of amides is 1. The number of sulfone groups is 1. The molecule has 2 aromatic carbocycles. The molecule has 1 atom stereocenters. The van der Waals surface area contributed by atoms with Crippen molar-refractivity contribution in [3.8, 4) is 5.75 Å². The highest BCUT2D eigenvalue weighted by atomic mass is 32.2. The molecule has 1 unspecified atom stereocenters. The number of carbonyl (C=O) groups excluding carboxylic acids is 1. The molecule has 1 amide bonds. The second-order valence-electron chi connectivity index (χ2n) is 4.76. The van der Waals surface area contributed by atoms with Crippen LogP contribution in [0.3, 0.4) is 0 Å². The van der Waals surface area contributed by atoms with Crippen molar-refractivity contribution in [2.45, 2.75) is 16.5 Å². The minimum absolute atomic E-state index is 0.170. The fourth-order valence-electron chi connectivity index (χ4n) is 2.12. The third-order valence-electron chi connectivity index (χ3n) is 3.03. The fraction of sp³-hybridized carbons (Fsp3) is 0.133. The van der Waals surface area contributed by atoms with Crippen molar-refractivity contribution in [3.63, 3.8) is 0 Å². The molecule has 0 aliphatic rings. The maximum absolute atomic E-state index is 12.6. The molecule has 128 valence electrons. The van der Waals surface area contributed by atoms with Gasteiger partial charge < -0.3 is 10.5 Å². The van der Waals surface area contributed by atoms with Crippen molar-refractivity contribution in [1.29, 1.82) is 0 Å². The highest BCUT2D eigenvalue weighted by Crippen LogP contribution is 2.32. The third-order valence-corrected chi connectivity index (χ3v) is 5.09. The number of primary amides is 1. The summed E-state index contributed by atoms with van der Waals surface area (Å²) in [6.45, 7) is 0. The molecule has 0 heterocycles. The monoisotopic (exact) mass is 359 g/mol. The van der Waals surface area contributed by atoms with Crippen LogP contribution in [0.25, 0.3) is 0 Å². The second kappa shape index (κ2) is 6.52. The molecule has 0 saturated carbocycles. The number of alkyl halides is 3. The zero-order valence-corrected chi connectivity index (χ0v) is 12.8. The Bertz CT molecular complexity index is 835. The van der Waals surface area contributed by atoms with Gasteiger partial charge in [0.15, 0.2) is 15.1 Å². The van der Waals surface area contributed by atoms with Gasteiger partial charge in [-0.05, 0) is 29.8 Å². The van der Waals surface area contributed by atoms with Gasteiger partial charge in [0.2, 0.25) is 5.91 Å². The zero-order chi connectivity index (χ0) is 18.0. The number of carbonyl (C=O) groups is 1. The average molecular weight is 359 g/mol. The van der Waals surface area contributed by atoms with Crippen molar-refractivity contribution < 1.29 is 31.1 Å². The topological polar surface area (TPSA) is 86.5 Å². The predicted molar refractivity (Wildman–Crippen MR) is 78.7 cm³/mol. The summed E-state index contributed by atoms with van der Waals surface area (Å²) in [4.78, 5) is 11.5. The van der Waals surface area contributed by atoms with Crippen LogP contribution in [0.2, 0.25) is 0 Å². The van der Waals surface area contributed by atoms with E-state index in [-0.39, 0.29) is 10.5 Å². The Morgan fingerprint density at radius 2 is 1.67 bits per heavy atom. The first kappa shape index (κ1) is 17.8. The number of benzene rings is 2. The molecular formula is C15H12F3NO4S. The van der Waals surface area contributed by atoms with E-state index in [0.29, 0.717) is 0 Å². The van der Waals surface area contributed by atoms with Gasteiger partial charge in [-0.15, -0.1) is 13.2 Å². The molecule has 2 aromatic rings. The van der Waals surface area contributed by atoms with Crippen LogP contribution in [0, 0.1) is 0 Å². The van der Waals surface area contributed by atoms with E-state index in [2.05, 4.69) is 4.74 Å². The molecule has 9 heteroatoms. The van der Waals surface area contributed by atoms with Crippen molar-refractivity contribution in [2.24, 2.45) is 5.73 Å². The zero-order valence-electron chi connectivity index (χ0n) is 12.0. The normalized spacial score (nSPS) is 13.3. The molecule has 0 saturated heterocycles. The number of rotatable bonds is 5. The first-order chi connectivity index (χ1) is 11.1. The Labute approximate surface area is 135 Å². The Balaban J connectivity index is 2.50. The van der Waals surface area contributed by atoms with E-state index in [9.17, 15) is 26.4 Å². The van der Waals surface area contributed by atoms with E-state index >= 15 is 0 Å². The summed E-state index contributed by atoms with van der Waals surface area (Å²) in [6, 6.07) is 11.2. The van der Waals surface area contributed by atoms with Gasteiger partial charge in [0.1, 0.15) is 5.75 Å². The van der Waals surface area contributed by atoms with Crippen molar-refractivity contribution in [2.75, 3.05) is 0 Å². The molecule has 24 heavy (non-hydrogen) atoms. The van der Waals surface area contributed by atoms with Crippen LogP contribution in [-0.2, 0) is 14.6 Å². The number of hydrogen-bond donors (Lipinski definition) is 1. The second-order valence-corrected chi connectivity index (χ2v) is 6.79. The average Bonchev–Trinajstić information content (AvgIpc) is 2.46. The van der Waals surface area contributed by atoms with E-state index in [1.54, 1.807) is 6.07 Å². The first-order valence-corrected chi connectivity index (χ1v) is 8.10. The molecular weight excluding hydrogens is 347 g/mol. The molecule has 0 radical (unpaired) electrons. The van der Waals surface area contributed by atoms with Crippen LogP contribution in [0.1, 0.15) is 10.8 Å². The van der Waals surface area contributed by atoms with Gasteiger partial charge in [-0.1, -0.05) is 30.3 Å². The van der Waals surface area contributed by atoms with Gasteiger partial charge in [0, 0.05) is 0 Å². The lowest BCUT2D eigenvalue weighted by molar-refractivity contribution is -0.274. The molecule has 2 N–H and O–H groups in total. The Kier molecular flexibility index (Phi) is 4.83. The molecule has 0 spiro atoms. The highest BCUT2D eigenvalue weighted by molar-refractivity contribution is 7.92. The standard InChI is InChI=1S/C15H12F3NO4S/c16-15(17,18)23-11-6-4-5-10(9-11)13(14(19)20)24(21,22)12-7-2-1-3-8-12/h1-9,13H,(H2,19,20). The largest absolute Gasteiger partial charge is 0.573 e. The lowest BCUT2D eigenvalue weighted by Gasteiger charge is -2.16. The maximum atomic E-state index is 12.6. The minimum Gasteiger partial charge on any atom is -0.406 e. The van der Waals surface area contributed by atoms with Crippen LogP contribution < -0.4 is 10.5 Å². The van der Waals surface area contributed by atoms with E-state index < -0.39 is 33.1 Å². The summed E-state index contributed by atoms with van der Waals surface area (Å²) in [5.41, 5.74) is 4.97. The summed E-state index contributed by atoms with van der Waals surface area (Å²) in [7, 11) is -4.23. The summed E-state index contributed by atoms with van der Waals surface area (Å²) in [5.74, 6) is -1.85. The Morgan fingerprint density at radius 3 is 2.21 bits per heavy atom. The van der Waals surface area contributed by atoms with Crippen LogP contribution in [0.4, 0.5) is 13.2 Å². The lowest BCUT2D eigenvalue weighted by Crippen LogP contribution is -2.28. The number of hydrogen-bond acceptors (Lipinski definition) is 4. The Hall–Kier alpha value is -2.55. The quantitative estimate of drug-likeness (QED) is 0.889. The first-order valence-electron chi connectivity index (χ1n) is 6.55. The van der Waals surface area contributed by atoms with Crippen LogP contribution >= 0.6 is 0 Å².